The summed E-state index contributed by atoms with van der Waals surface area (Å²) in [6.07, 6.45) is 0.0938. The zero-order valence-electron chi connectivity index (χ0n) is 17.1. The number of fused-ring (bicyclic) bond motifs is 1. The Morgan fingerprint density at radius 2 is 1.84 bits per heavy atom. The smallest absolute Gasteiger partial charge is 0.252 e. The first-order valence-corrected chi connectivity index (χ1v) is 12.8. The maximum Gasteiger partial charge on any atom is 0.252 e. The molecule has 1 aliphatic heterocycles. The molecule has 2 N–H and O–H groups in total. The molecule has 1 aromatic carbocycles. The van der Waals surface area contributed by atoms with Gasteiger partial charge in [-0.3, -0.25) is 25.3 Å². The molecule has 2 amide bonds. The van der Waals surface area contributed by atoms with Gasteiger partial charge in [0.15, 0.2) is 0 Å². The van der Waals surface area contributed by atoms with E-state index in [1.54, 1.807) is 12.1 Å². The Hall–Kier alpha value is -2.52. The molecular formula is C18H21N7O4S3. The normalized spacial score (nSPS) is 15.7. The monoisotopic (exact) mass is 495 g/mol. The predicted octanol–water partition coefficient (Wildman–Crippen LogP) is 0.153. The van der Waals surface area contributed by atoms with Crippen molar-refractivity contribution in [2.75, 3.05) is 32.7 Å². The number of hydrogen-bond acceptors (Lipinski definition) is 10. The van der Waals surface area contributed by atoms with Crippen molar-refractivity contribution in [3.05, 3.63) is 34.3 Å². The third-order valence-corrected chi connectivity index (χ3v) is 8.32. The number of sulfonamides is 1. The second-order valence-electron chi connectivity index (χ2n) is 7.22. The number of nitrogens with one attached hydrogen (secondary N) is 2. The molecule has 1 aliphatic rings. The average Bonchev–Trinajstić information content (AvgIpc) is 3.41. The maximum atomic E-state index is 13.1. The summed E-state index contributed by atoms with van der Waals surface area (Å²) < 4.78 is 35.8. The lowest BCUT2D eigenvalue weighted by Crippen LogP contribution is -2.53. The van der Waals surface area contributed by atoms with Crippen LogP contribution >= 0.6 is 23.1 Å². The molecule has 0 bridgehead atoms. The molecule has 11 nitrogen and oxygen atoms in total. The molecule has 4 rings (SSSR count). The number of amides is 2. The molecule has 1 fully saturated rings. The summed E-state index contributed by atoms with van der Waals surface area (Å²) in [5, 5.41) is 2.53. The van der Waals surface area contributed by atoms with Gasteiger partial charge in [0.05, 0.1) is 24.7 Å². The fourth-order valence-electron chi connectivity index (χ4n) is 3.30. The third kappa shape index (κ3) is 5.10. The van der Waals surface area contributed by atoms with Crippen LogP contribution in [-0.2, 0) is 26.0 Å². The fourth-order valence-corrected chi connectivity index (χ4v) is 6.25. The van der Waals surface area contributed by atoms with Crippen LogP contribution in [0.1, 0.15) is 10.7 Å². The first-order valence-electron chi connectivity index (χ1n) is 9.75. The third-order valence-electron chi connectivity index (χ3n) is 4.88. The van der Waals surface area contributed by atoms with E-state index in [0.29, 0.717) is 29.1 Å². The van der Waals surface area contributed by atoms with Crippen molar-refractivity contribution in [1.82, 2.24) is 33.8 Å². The molecule has 3 heterocycles. The highest BCUT2D eigenvalue weighted by atomic mass is 32.2. The van der Waals surface area contributed by atoms with E-state index >= 15 is 0 Å². The quantitative estimate of drug-likeness (QED) is 0.461. The van der Waals surface area contributed by atoms with E-state index in [9.17, 15) is 18.0 Å². The van der Waals surface area contributed by atoms with Crippen molar-refractivity contribution in [2.24, 2.45) is 0 Å². The Morgan fingerprint density at radius 3 is 2.56 bits per heavy atom. The minimum absolute atomic E-state index is 0.0517. The highest BCUT2D eigenvalue weighted by Crippen LogP contribution is 2.25. The summed E-state index contributed by atoms with van der Waals surface area (Å²) in [5.74, 6) is -0.724. The summed E-state index contributed by atoms with van der Waals surface area (Å²) in [6.45, 7) is 3.19. The molecule has 3 aromatic rings. The number of carbonyl (C=O) groups is 2. The molecule has 14 heteroatoms. The summed E-state index contributed by atoms with van der Waals surface area (Å²) in [7, 11) is -3.71. The number of hydrazine groups is 1. The molecule has 2 aromatic heterocycles. The number of thiazole rings is 1. The van der Waals surface area contributed by atoms with Crippen LogP contribution in [0.2, 0.25) is 0 Å². The summed E-state index contributed by atoms with van der Waals surface area (Å²) in [5.41, 5.74) is 6.56. The van der Waals surface area contributed by atoms with Crippen molar-refractivity contribution in [3.8, 4) is 0 Å². The summed E-state index contributed by atoms with van der Waals surface area (Å²) in [4.78, 5) is 30.3. The Morgan fingerprint density at radius 1 is 1.09 bits per heavy atom. The number of aromatic nitrogens is 3. The average molecular weight is 496 g/mol. The molecule has 170 valence electrons. The largest absolute Gasteiger partial charge is 0.292 e. The van der Waals surface area contributed by atoms with E-state index in [-0.39, 0.29) is 42.8 Å². The first-order chi connectivity index (χ1) is 15.3. The van der Waals surface area contributed by atoms with E-state index in [1.807, 2.05) is 17.2 Å². The Bertz CT molecular complexity index is 1230. The number of rotatable bonds is 6. The van der Waals surface area contributed by atoms with Gasteiger partial charge in [0, 0.05) is 37.3 Å². The molecular weight excluding hydrogens is 474 g/mol. The van der Waals surface area contributed by atoms with E-state index in [2.05, 4.69) is 24.6 Å². The number of nitrogens with zero attached hydrogens (tertiary/aromatic N) is 5. The number of carbonyl (C=O) groups excluding carboxylic acids is 2. The zero-order chi connectivity index (χ0) is 22.7. The molecule has 0 radical (unpaired) electrons. The second-order valence-corrected chi connectivity index (χ2v) is 10.6. The van der Waals surface area contributed by atoms with Crippen molar-refractivity contribution >= 4 is 55.9 Å². The lowest BCUT2D eigenvalue weighted by Gasteiger charge is -2.33. The van der Waals surface area contributed by atoms with E-state index < -0.39 is 10.0 Å². The molecule has 1 saturated heterocycles. The SMILES string of the molecule is Cc1csc(CC(=O)NNC(=O)CN2CCN(S(=O)(=O)c3cccc4nsnc34)CC2)n1. The molecule has 0 aliphatic carbocycles. The van der Waals surface area contributed by atoms with Gasteiger partial charge in [0.1, 0.15) is 20.9 Å². The van der Waals surface area contributed by atoms with Gasteiger partial charge in [-0.2, -0.15) is 13.1 Å². The van der Waals surface area contributed by atoms with Gasteiger partial charge in [-0.25, -0.2) is 13.4 Å². The first kappa shape index (κ1) is 22.7. The van der Waals surface area contributed by atoms with Crippen molar-refractivity contribution in [1.29, 1.82) is 0 Å². The van der Waals surface area contributed by atoms with Crippen molar-refractivity contribution in [3.63, 3.8) is 0 Å². The lowest BCUT2D eigenvalue weighted by molar-refractivity contribution is -0.129. The predicted molar refractivity (Wildman–Crippen MR) is 119 cm³/mol. The number of piperazine rings is 1. The molecule has 32 heavy (non-hydrogen) atoms. The minimum Gasteiger partial charge on any atom is -0.292 e. The maximum absolute atomic E-state index is 13.1. The molecule has 0 atom stereocenters. The Kier molecular flexibility index (Phi) is 6.76. The van der Waals surface area contributed by atoms with E-state index in [0.717, 1.165) is 17.4 Å². The Balaban J connectivity index is 1.26. The van der Waals surface area contributed by atoms with Crippen LogP contribution in [0.25, 0.3) is 11.0 Å². The van der Waals surface area contributed by atoms with Gasteiger partial charge in [-0.05, 0) is 19.1 Å². The fraction of sp³-hybridized carbons (Fsp3) is 0.389. The highest BCUT2D eigenvalue weighted by Gasteiger charge is 2.31. The van der Waals surface area contributed by atoms with E-state index in [1.165, 1.54) is 21.7 Å². The van der Waals surface area contributed by atoms with Gasteiger partial charge < -0.3 is 0 Å². The van der Waals surface area contributed by atoms with Crippen LogP contribution in [0.4, 0.5) is 0 Å². The summed E-state index contributed by atoms with van der Waals surface area (Å²) >= 11 is 2.37. The topological polar surface area (TPSA) is 137 Å². The van der Waals surface area contributed by atoms with Crippen LogP contribution in [0.3, 0.4) is 0 Å². The van der Waals surface area contributed by atoms with Gasteiger partial charge in [0.2, 0.25) is 15.9 Å². The van der Waals surface area contributed by atoms with Crippen LogP contribution in [0, 0.1) is 6.92 Å². The zero-order valence-corrected chi connectivity index (χ0v) is 19.6. The van der Waals surface area contributed by atoms with Crippen molar-refractivity contribution < 1.29 is 18.0 Å². The van der Waals surface area contributed by atoms with E-state index in [4.69, 9.17) is 0 Å². The second kappa shape index (κ2) is 9.54. The van der Waals surface area contributed by atoms with Crippen LogP contribution in [0.5, 0.6) is 0 Å². The highest BCUT2D eigenvalue weighted by molar-refractivity contribution is 7.89. The van der Waals surface area contributed by atoms with Gasteiger partial charge in [-0.15, -0.1) is 11.3 Å². The van der Waals surface area contributed by atoms with Gasteiger partial charge >= 0.3 is 0 Å². The van der Waals surface area contributed by atoms with Crippen LogP contribution in [-0.4, -0.2) is 75.9 Å². The molecule has 0 saturated carbocycles. The van der Waals surface area contributed by atoms with Crippen LogP contribution < -0.4 is 10.9 Å². The summed E-state index contributed by atoms with van der Waals surface area (Å²) in [6, 6.07) is 4.92. The van der Waals surface area contributed by atoms with Gasteiger partial charge in [0.25, 0.3) is 5.91 Å². The number of benzene rings is 1. The lowest BCUT2D eigenvalue weighted by atomic mass is 10.3. The Labute approximate surface area is 192 Å². The standard InChI is InChI=1S/C18H21N7O4S3/c1-12-11-30-17(19-12)9-15(26)20-21-16(27)10-24-5-7-25(8-6-24)32(28,29)14-4-2-3-13-18(14)23-31-22-13/h2-4,11H,5-10H2,1H3,(H,20,26)(H,21,27). The molecule has 0 spiro atoms. The van der Waals surface area contributed by atoms with Gasteiger partial charge in [-0.1, -0.05) is 6.07 Å². The number of aryl methyl sites for hydroxylation is 1. The number of hydrogen-bond donors (Lipinski definition) is 2. The van der Waals surface area contributed by atoms with Crippen LogP contribution in [0.15, 0.2) is 28.5 Å². The molecule has 0 unspecified atom stereocenters. The minimum atomic E-state index is -3.71. The van der Waals surface area contributed by atoms with Crippen molar-refractivity contribution in [2.45, 2.75) is 18.2 Å².